The molecule has 31 heavy (non-hydrogen) atoms. The molecule has 2 aromatic carbocycles. The van der Waals surface area contributed by atoms with E-state index in [1.54, 1.807) is 16.7 Å². The van der Waals surface area contributed by atoms with Crippen LogP contribution in [0.25, 0.3) is 0 Å². The second-order valence-electron chi connectivity index (χ2n) is 8.32. The fourth-order valence-corrected chi connectivity index (χ4v) is 4.92. The van der Waals surface area contributed by atoms with Crippen LogP contribution in [0, 0.1) is 0 Å². The first-order valence-electron chi connectivity index (χ1n) is 11.4. The van der Waals surface area contributed by atoms with Gasteiger partial charge in [-0.25, -0.2) is 0 Å². The minimum absolute atomic E-state index is 0.0265. The van der Waals surface area contributed by atoms with Crippen molar-refractivity contribution in [2.24, 2.45) is 0 Å². The molecule has 2 aromatic rings. The summed E-state index contributed by atoms with van der Waals surface area (Å²) in [7, 11) is 0. The molecule has 1 aliphatic carbocycles. The number of hydrogen-bond donors (Lipinski definition) is 1. The number of hydrogen-bond acceptors (Lipinski definition) is 3. The van der Waals surface area contributed by atoms with E-state index in [1.165, 1.54) is 30.4 Å². The van der Waals surface area contributed by atoms with Crippen molar-refractivity contribution in [2.45, 2.75) is 63.3 Å². The van der Waals surface area contributed by atoms with E-state index in [9.17, 15) is 9.59 Å². The van der Waals surface area contributed by atoms with Crippen molar-refractivity contribution >= 4 is 23.6 Å². The highest BCUT2D eigenvalue weighted by Crippen LogP contribution is 2.18. The average molecular weight is 439 g/mol. The lowest BCUT2D eigenvalue weighted by Gasteiger charge is -2.31. The van der Waals surface area contributed by atoms with Crippen LogP contribution in [0.1, 0.15) is 50.2 Å². The molecule has 1 N–H and O–H groups in total. The third-order valence-corrected chi connectivity index (χ3v) is 6.93. The molecule has 166 valence electrons. The number of rotatable bonds is 10. The fraction of sp³-hybridized carbons (Fsp3) is 0.462. The largest absolute Gasteiger partial charge is 0.352 e. The topological polar surface area (TPSA) is 49.4 Å². The molecule has 0 heterocycles. The molecule has 1 fully saturated rings. The van der Waals surface area contributed by atoms with Gasteiger partial charge >= 0.3 is 0 Å². The lowest BCUT2D eigenvalue weighted by atomic mass is 9.95. The Morgan fingerprint density at radius 1 is 0.968 bits per heavy atom. The van der Waals surface area contributed by atoms with Crippen LogP contribution in [0.4, 0.5) is 0 Å². The Morgan fingerprint density at radius 2 is 1.58 bits per heavy atom. The van der Waals surface area contributed by atoms with E-state index in [1.807, 2.05) is 43.3 Å². The Hall–Kier alpha value is -2.27. The minimum atomic E-state index is -0.463. The smallest absolute Gasteiger partial charge is 0.242 e. The summed E-state index contributed by atoms with van der Waals surface area (Å²) in [4.78, 5) is 27.8. The predicted octanol–water partition coefficient (Wildman–Crippen LogP) is 4.83. The van der Waals surface area contributed by atoms with Gasteiger partial charge in [0.1, 0.15) is 6.04 Å². The molecule has 2 amide bonds. The fourth-order valence-electron chi connectivity index (χ4n) is 4.05. The molecule has 0 bridgehead atoms. The van der Waals surface area contributed by atoms with E-state index >= 15 is 0 Å². The minimum Gasteiger partial charge on any atom is -0.352 e. The van der Waals surface area contributed by atoms with Crippen molar-refractivity contribution in [2.75, 3.05) is 12.3 Å². The third-order valence-electron chi connectivity index (χ3n) is 5.94. The van der Waals surface area contributed by atoms with Gasteiger partial charge in [-0.2, -0.15) is 0 Å². The van der Waals surface area contributed by atoms with Crippen molar-refractivity contribution in [1.29, 1.82) is 0 Å². The van der Waals surface area contributed by atoms with Gasteiger partial charge in [0.15, 0.2) is 0 Å². The van der Waals surface area contributed by atoms with Crippen molar-refractivity contribution in [3.63, 3.8) is 0 Å². The standard InChI is InChI=1S/C26H34N2O2S/c1-21(26(30)27-24-15-9-4-10-16-24)28(18-17-22-11-5-2-6-12-22)25(29)20-31-19-23-13-7-3-8-14-23/h2-3,5-8,11-14,21,24H,4,9-10,15-20H2,1H3,(H,27,30)/t21-/m1/s1. The van der Waals surface area contributed by atoms with E-state index in [0.29, 0.717) is 12.3 Å². The van der Waals surface area contributed by atoms with Crippen LogP contribution in [-0.2, 0) is 21.8 Å². The zero-order valence-electron chi connectivity index (χ0n) is 18.5. The number of carbonyl (C=O) groups excluding carboxylic acids is 2. The van der Waals surface area contributed by atoms with Gasteiger partial charge in [-0.15, -0.1) is 11.8 Å². The summed E-state index contributed by atoms with van der Waals surface area (Å²) in [6.45, 7) is 2.41. The first kappa shape index (κ1) is 23.4. The molecule has 5 heteroatoms. The number of benzene rings is 2. The number of amides is 2. The van der Waals surface area contributed by atoms with Crippen LogP contribution in [-0.4, -0.2) is 41.1 Å². The van der Waals surface area contributed by atoms with Gasteiger partial charge < -0.3 is 10.2 Å². The highest BCUT2D eigenvalue weighted by molar-refractivity contribution is 7.99. The van der Waals surface area contributed by atoms with Crippen molar-refractivity contribution < 1.29 is 9.59 Å². The van der Waals surface area contributed by atoms with Gasteiger partial charge in [0.2, 0.25) is 11.8 Å². The zero-order chi connectivity index (χ0) is 21.9. The SMILES string of the molecule is C[C@H](C(=O)NC1CCCCC1)N(CCc1ccccc1)C(=O)CSCc1ccccc1. The zero-order valence-corrected chi connectivity index (χ0v) is 19.3. The van der Waals surface area contributed by atoms with Crippen LogP contribution in [0.5, 0.6) is 0 Å². The quantitative estimate of drug-likeness (QED) is 0.578. The summed E-state index contributed by atoms with van der Waals surface area (Å²) in [5.41, 5.74) is 2.39. The lowest BCUT2D eigenvalue weighted by molar-refractivity contribution is -0.138. The maximum atomic E-state index is 13.1. The van der Waals surface area contributed by atoms with Crippen LogP contribution >= 0.6 is 11.8 Å². The summed E-state index contributed by atoms with van der Waals surface area (Å²) >= 11 is 1.61. The average Bonchev–Trinajstić information content (AvgIpc) is 2.81. The predicted molar refractivity (Wildman–Crippen MR) is 129 cm³/mol. The summed E-state index contributed by atoms with van der Waals surface area (Å²) < 4.78 is 0. The molecule has 3 rings (SSSR count). The van der Waals surface area contributed by atoms with E-state index in [4.69, 9.17) is 0 Å². The highest BCUT2D eigenvalue weighted by Gasteiger charge is 2.27. The molecular formula is C26H34N2O2S. The molecule has 1 atom stereocenters. The third kappa shape index (κ3) is 7.73. The molecular weight excluding hydrogens is 404 g/mol. The monoisotopic (exact) mass is 438 g/mol. The Bertz CT molecular complexity index is 807. The first-order valence-corrected chi connectivity index (χ1v) is 12.5. The first-order chi connectivity index (χ1) is 15.1. The van der Waals surface area contributed by atoms with Crippen LogP contribution in [0.3, 0.4) is 0 Å². The van der Waals surface area contributed by atoms with Crippen LogP contribution in [0.2, 0.25) is 0 Å². The molecule has 1 aliphatic rings. The molecule has 0 aliphatic heterocycles. The molecule has 0 spiro atoms. The molecule has 0 unspecified atom stereocenters. The molecule has 4 nitrogen and oxygen atoms in total. The van der Waals surface area contributed by atoms with Crippen LogP contribution in [0.15, 0.2) is 60.7 Å². The number of nitrogens with zero attached hydrogens (tertiary/aromatic N) is 1. The number of carbonyl (C=O) groups is 2. The second-order valence-corrected chi connectivity index (χ2v) is 9.31. The van der Waals surface area contributed by atoms with Gasteiger partial charge in [0, 0.05) is 18.3 Å². The van der Waals surface area contributed by atoms with E-state index in [2.05, 4.69) is 29.6 Å². The Morgan fingerprint density at radius 3 is 2.23 bits per heavy atom. The number of thioether (sulfide) groups is 1. The van der Waals surface area contributed by atoms with Crippen molar-refractivity contribution in [1.82, 2.24) is 10.2 Å². The van der Waals surface area contributed by atoms with E-state index in [0.717, 1.165) is 25.0 Å². The second kappa shape index (κ2) is 12.6. The van der Waals surface area contributed by atoms with Gasteiger partial charge in [0.25, 0.3) is 0 Å². The van der Waals surface area contributed by atoms with Crippen LogP contribution < -0.4 is 5.32 Å². The Balaban J connectivity index is 1.59. The molecule has 1 saturated carbocycles. The molecule has 0 radical (unpaired) electrons. The summed E-state index contributed by atoms with van der Waals surface area (Å²) in [6, 6.07) is 20.1. The van der Waals surface area contributed by atoms with Gasteiger partial charge in [-0.05, 0) is 37.3 Å². The lowest BCUT2D eigenvalue weighted by Crippen LogP contribution is -2.51. The summed E-state index contributed by atoms with van der Waals surface area (Å²) in [6.07, 6.45) is 6.43. The highest BCUT2D eigenvalue weighted by atomic mass is 32.2. The molecule has 0 saturated heterocycles. The maximum absolute atomic E-state index is 13.1. The summed E-state index contributed by atoms with van der Waals surface area (Å²) in [5.74, 6) is 1.18. The van der Waals surface area contributed by atoms with Gasteiger partial charge in [-0.3, -0.25) is 9.59 Å². The number of nitrogens with one attached hydrogen (secondary N) is 1. The maximum Gasteiger partial charge on any atom is 0.242 e. The van der Waals surface area contributed by atoms with E-state index in [-0.39, 0.29) is 17.9 Å². The van der Waals surface area contributed by atoms with Gasteiger partial charge in [-0.1, -0.05) is 79.9 Å². The normalized spacial score (nSPS) is 15.3. The van der Waals surface area contributed by atoms with Crippen molar-refractivity contribution in [3.05, 3.63) is 71.8 Å². The van der Waals surface area contributed by atoms with Gasteiger partial charge in [0.05, 0.1) is 5.75 Å². The Kier molecular flexibility index (Phi) is 9.47. The molecule has 0 aromatic heterocycles. The Labute approximate surface area is 190 Å². The summed E-state index contributed by atoms with van der Waals surface area (Å²) in [5, 5.41) is 3.19. The van der Waals surface area contributed by atoms with E-state index < -0.39 is 6.04 Å². The van der Waals surface area contributed by atoms with Crippen molar-refractivity contribution in [3.8, 4) is 0 Å².